The summed E-state index contributed by atoms with van der Waals surface area (Å²) in [7, 11) is 3.96. The van der Waals surface area contributed by atoms with E-state index in [9.17, 15) is 4.79 Å². The highest BCUT2D eigenvalue weighted by atomic mass is 32.1. The molecule has 140 valence electrons. The van der Waals surface area contributed by atoms with Crippen molar-refractivity contribution in [3.05, 3.63) is 77.2 Å². The molecule has 5 heteroatoms. The molecule has 1 amide bonds. The normalized spacial score (nSPS) is 10.8. The number of amides is 1. The second-order valence-electron chi connectivity index (χ2n) is 6.95. The summed E-state index contributed by atoms with van der Waals surface area (Å²) in [5, 5.41) is 5.93. The standard InChI is InChI=1S/C23H21N3OS/c1-15-9-10-20-18(12-15)19(14-21(25-20)22-8-5-11-28-22)23(27)24-16-6-4-7-17(13-16)26(2)3/h4-14H,1-3H3,(H,24,27). The zero-order valence-electron chi connectivity index (χ0n) is 16.1. The summed E-state index contributed by atoms with van der Waals surface area (Å²) in [6.07, 6.45) is 0. The van der Waals surface area contributed by atoms with Crippen molar-refractivity contribution in [3.8, 4) is 10.6 Å². The van der Waals surface area contributed by atoms with Gasteiger partial charge < -0.3 is 10.2 Å². The van der Waals surface area contributed by atoms with Crippen molar-refractivity contribution >= 4 is 39.5 Å². The summed E-state index contributed by atoms with van der Waals surface area (Å²) in [6, 6.07) is 19.7. The summed E-state index contributed by atoms with van der Waals surface area (Å²) >= 11 is 1.62. The molecule has 0 aliphatic carbocycles. The third-order valence-corrected chi connectivity index (χ3v) is 5.50. The predicted molar refractivity (Wildman–Crippen MR) is 119 cm³/mol. The molecule has 4 rings (SSSR count). The molecule has 2 aromatic heterocycles. The van der Waals surface area contributed by atoms with Crippen LogP contribution >= 0.6 is 11.3 Å². The first kappa shape index (κ1) is 18.2. The average molecular weight is 388 g/mol. The van der Waals surface area contributed by atoms with Crippen LogP contribution in [0.3, 0.4) is 0 Å². The number of hydrogen-bond donors (Lipinski definition) is 1. The van der Waals surface area contributed by atoms with Crippen molar-refractivity contribution in [2.24, 2.45) is 0 Å². The first-order chi connectivity index (χ1) is 13.5. The Morgan fingerprint density at radius 1 is 1.04 bits per heavy atom. The number of nitrogens with zero attached hydrogens (tertiary/aromatic N) is 2. The van der Waals surface area contributed by atoms with E-state index in [2.05, 4.69) is 5.32 Å². The number of carbonyl (C=O) groups excluding carboxylic acids is 1. The van der Waals surface area contributed by atoms with Crippen molar-refractivity contribution in [2.75, 3.05) is 24.3 Å². The smallest absolute Gasteiger partial charge is 0.256 e. The minimum atomic E-state index is -0.133. The Balaban J connectivity index is 1.79. The van der Waals surface area contributed by atoms with Gasteiger partial charge in [0.15, 0.2) is 0 Å². The monoisotopic (exact) mass is 387 g/mol. The fraction of sp³-hybridized carbons (Fsp3) is 0.130. The van der Waals surface area contributed by atoms with Crippen LogP contribution in [0.4, 0.5) is 11.4 Å². The Kier molecular flexibility index (Phi) is 4.84. The minimum absolute atomic E-state index is 0.133. The van der Waals surface area contributed by atoms with Gasteiger partial charge in [0.05, 0.1) is 21.7 Å². The zero-order chi connectivity index (χ0) is 19.7. The SMILES string of the molecule is Cc1ccc2nc(-c3cccs3)cc(C(=O)Nc3cccc(N(C)C)c3)c2c1. The van der Waals surface area contributed by atoms with Crippen LogP contribution in [-0.4, -0.2) is 25.0 Å². The third-order valence-electron chi connectivity index (χ3n) is 4.60. The van der Waals surface area contributed by atoms with Crippen LogP contribution in [-0.2, 0) is 0 Å². The second kappa shape index (κ2) is 7.44. The number of rotatable bonds is 4. The maximum absolute atomic E-state index is 13.2. The first-order valence-electron chi connectivity index (χ1n) is 9.05. The molecule has 2 heterocycles. The number of carbonyl (C=O) groups is 1. The topological polar surface area (TPSA) is 45.2 Å². The quantitative estimate of drug-likeness (QED) is 0.496. The molecular weight excluding hydrogens is 366 g/mol. The minimum Gasteiger partial charge on any atom is -0.378 e. The Labute approximate surface area is 168 Å². The molecule has 0 saturated heterocycles. The van der Waals surface area contributed by atoms with Gasteiger partial charge in [-0.1, -0.05) is 23.8 Å². The second-order valence-corrected chi connectivity index (χ2v) is 7.90. The highest BCUT2D eigenvalue weighted by molar-refractivity contribution is 7.13. The molecule has 0 aliphatic heterocycles. The number of anilines is 2. The van der Waals surface area contributed by atoms with E-state index in [1.54, 1.807) is 11.3 Å². The molecule has 0 radical (unpaired) electrons. The summed E-state index contributed by atoms with van der Waals surface area (Å²) < 4.78 is 0. The van der Waals surface area contributed by atoms with E-state index in [4.69, 9.17) is 4.98 Å². The summed E-state index contributed by atoms with van der Waals surface area (Å²) in [6.45, 7) is 2.02. The number of hydrogen-bond acceptors (Lipinski definition) is 4. The van der Waals surface area contributed by atoms with E-state index in [-0.39, 0.29) is 5.91 Å². The van der Waals surface area contributed by atoms with Crippen LogP contribution in [0.5, 0.6) is 0 Å². The van der Waals surface area contributed by atoms with E-state index in [1.807, 2.05) is 92.0 Å². The summed E-state index contributed by atoms with van der Waals surface area (Å²) in [5.74, 6) is -0.133. The van der Waals surface area contributed by atoms with Gasteiger partial charge in [0.25, 0.3) is 5.91 Å². The van der Waals surface area contributed by atoms with Gasteiger partial charge in [0, 0.05) is 30.9 Å². The van der Waals surface area contributed by atoms with Gasteiger partial charge in [-0.25, -0.2) is 4.98 Å². The Morgan fingerprint density at radius 2 is 1.89 bits per heavy atom. The highest BCUT2D eigenvalue weighted by Crippen LogP contribution is 2.29. The lowest BCUT2D eigenvalue weighted by Crippen LogP contribution is -2.14. The van der Waals surface area contributed by atoms with Gasteiger partial charge in [-0.15, -0.1) is 11.3 Å². The molecule has 28 heavy (non-hydrogen) atoms. The van der Waals surface area contributed by atoms with Crippen molar-refractivity contribution in [1.82, 2.24) is 4.98 Å². The van der Waals surface area contributed by atoms with Crippen molar-refractivity contribution in [2.45, 2.75) is 6.92 Å². The van der Waals surface area contributed by atoms with Crippen molar-refractivity contribution in [3.63, 3.8) is 0 Å². The van der Waals surface area contributed by atoms with Crippen LogP contribution in [0.25, 0.3) is 21.5 Å². The molecule has 4 aromatic rings. The number of nitrogens with one attached hydrogen (secondary N) is 1. The maximum Gasteiger partial charge on any atom is 0.256 e. The van der Waals surface area contributed by atoms with Crippen LogP contribution < -0.4 is 10.2 Å². The molecular formula is C23H21N3OS. The number of aryl methyl sites for hydroxylation is 1. The summed E-state index contributed by atoms with van der Waals surface area (Å²) in [4.78, 5) is 21.0. The Bertz CT molecular complexity index is 1150. The molecule has 0 spiro atoms. The van der Waals surface area contributed by atoms with Gasteiger partial charge in [-0.05, 0) is 54.8 Å². The fourth-order valence-electron chi connectivity index (χ4n) is 3.14. The zero-order valence-corrected chi connectivity index (χ0v) is 16.9. The molecule has 0 bridgehead atoms. The predicted octanol–water partition coefficient (Wildman–Crippen LogP) is 5.59. The maximum atomic E-state index is 13.2. The van der Waals surface area contributed by atoms with Crippen molar-refractivity contribution in [1.29, 1.82) is 0 Å². The largest absolute Gasteiger partial charge is 0.378 e. The molecule has 0 atom stereocenters. The van der Waals surface area contributed by atoms with E-state index in [0.29, 0.717) is 5.56 Å². The van der Waals surface area contributed by atoms with E-state index < -0.39 is 0 Å². The Morgan fingerprint density at radius 3 is 2.64 bits per heavy atom. The van der Waals surface area contributed by atoms with Crippen LogP contribution in [0.1, 0.15) is 15.9 Å². The van der Waals surface area contributed by atoms with Crippen molar-refractivity contribution < 1.29 is 4.79 Å². The Hall–Kier alpha value is -3.18. The molecule has 0 fully saturated rings. The third kappa shape index (κ3) is 3.62. The molecule has 0 saturated carbocycles. The highest BCUT2D eigenvalue weighted by Gasteiger charge is 2.15. The van der Waals surface area contributed by atoms with E-state index in [1.165, 1.54) is 0 Å². The van der Waals surface area contributed by atoms with E-state index in [0.717, 1.165) is 38.4 Å². The fourth-order valence-corrected chi connectivity index (χ4v) is 3.82. The number of pyridine rings is 1. The molecule has 4 nitrogen and oxygen atoms in total. The van der Waals surface area contributed by atoms with Gasteiger partial charge >= 0.3 is 0 Å². The van der Waals surface area contributed by atoms with Crippen LogP contribution in [0, 0.1) is 6.92 Å². The number of fused-ring (bicyclic) bond motifs is 1. The van der Waals surface area contributed by atoms with Gasteiger partial charge in [0.2, 0.25) is 0 Å². The molecule has 2 aromatic carbocycles. The number of aromatic nitrogens is 1. The van der Waals surface area contributed by atoms with E-state index >= 15 is 0 Å². The number of benzene rings is 2. The van der Waals surface area contributed by atoms with Gasteiger partial charge in [0.1, 0.15) is 0 Å². The summed E-state index contributed by atoms with van der Waals surface area (Å²) in [5.41, 5.74) is 5.18. The molecule has 0 aliphatic rings. The van der Waals surface area contributed by atoms with Crippen LogP contribution in [0.2, 0.25) is 0 Å². The van der Waals surface area contributed by atoms with Gasteiger partial charge in [-0.3, -0.25) is 4.79 Å². The van der Waals surface area contributed by atoms with Crippen LogP contribution in [0.15, 0.2) is 66.0 Å². The lowest BCUT2D eigenvalue weighted by Gasteiger charge is -2.15. The lowest BCUT2D eigenvalue weighted by molar-refractivity contribution is 0.102. The first-order valence-corrected chi connectivity index (χ1v) is 9.93. The molecule has 0 unspecified atom stereocenters. The molecule has 1 N–H and O–H groups in total. The van der Waals surface area contributed by atoms with Gasteiger partial charge in [-0.2, -0.15) is 0 Å². The lowest BCUT2D eigenvalue weighted by atomic mass is 10.0. The number of thiophene rings is 1. The average Bonchev–Trinajstić information content (AvgIpc) is 3.22.